The number of epoxide rings is 1. The van der Waals surface area contributed by atoms with Gasteiger partial charge in [0.15, 0.2) is 11.2 Å². The summed E-state index contributed by atoms with van der Waals surface area (Å²) in [5.74, 6) is 0.413. The summed E-state index contributed by atoms with van der Waals surface area (Å²) in [6.07, 6.45) is 1.21. The lowest BCUT2D eigenvalue weighted by atomic mass is 10.1. The maximum atomic E-state index is 11.5. The minimum atomic E-state index is -0.427. The Balaban J connectivity index is 1.99. The first-order valence-electron chi connectivity index (χ1n) is 6.33. The monoisotopic (exact) mass is 272 g/mol. The summed E-state index contributed by atoms with van der Waals surface area (Å²) >= 11 is 0. The average molecular weight is 272 g/mol. The molecule has 5 heteroatoms. The van der Waals surface area contributed by atoms with Crippen molar-refractivity contribution in [3.63, 3.8) is 0 Å². The number of hydrogen-bond donors (Lipinski definition) is 0. The Morgan fingerprint density at radius 2 is 1.90 bits per heavy atom. The lowest BCUT2D eigenvalue weighted by Gasteiger charge is -2.07. The number of benzene rings is 1. The average Bonchev–Trinajstić information content (AvgIpc) is 2.82. The van der Waals surface area contributed by atoms with Crippen LogP contribution in [-0.2, 0) is 4.74 Å². The van der Waals surface area contributed by atoms with Crippen molar-refractivity contribution in [2.24, 2.45) is 0 Å². The van der Waals surface area contributed by atoms with Gasteiger partial charge in [0, 0.05) is 16.8 Å². The first-order chi connectivity index (χ1) is 9.54. The zero-order valence-electron chi connectivity index (χ0n) is 11.0. The fraction of sp³-hybridized carbons (Fsp3) is 0.267. The number of furan rings is 1. The van der Waals surface area contributed by atoms with Crippen LogP contribution in [0.1, 0.15) is 13.8 Å². The third-order valence-corrected chi connectivity index (χ3v) is 3.43. The smallest absolute Gasteiger partial charge is 0.336 e. The van der Waals surface area contributed by atoms with Gasteiger partial charge < -0.3 is 18.3 Å². The zero-order chi connectivity index (χ0) is 13.9. The van der Waals surface area contributed by atoms with E-state index in [0.717, 1.165) is 10.8 Å². The van der Waals surface area contributed by atoms with Gasteiger partial charge in [0.25, 0.3) is 0 Å². The highest BCUT2D eigenvalue weighted by atomic mass is 16.8. The van der Waals surface area contributed by atoms with E-state index >= 15 is 0 Å². The van der Waals surface area contributed by atoms with Crippen molar-refractivity contribution in [1.82, 2.24) is 0 Å². The van der Waals surface area contributed by atoms with Gasteiger partial charge >= 0.3 is 5.63 Å². The maximum absolute atomic E-state index is 11.5. The van der Waals surface area contributed by atoms with Gasteiger partial charge in [0.2, 0.25) is 12.0 Å². The van der Waals surface area contributed by atoms with Crippen LogP contribution in [0.2, 0.25) is 0 Å². The van der Waals surface area contributed by atoms with Crippen molar-refractivity contribution < 1.29 is 18.3 Å². The van der Waals surface area contributed by atoms with Gasteiger partial charge in [-0.3, -0.25) is 0 Å². The molecule has 0 amide bonds. The van der Waals surface area contributed by atoms with Crippen LogP contribution in [0, 0.1) is 0 Å². The molecule has 1 fully saturated rings. The third kappa shape index (κ3) is 1.63. The highest BCUT2D eigenvalue weighted by molar-refractivity contribution is 5.99. The first-order valence-corrected chi connectivity index (χ1v) is 6.33. The Kier molecular flexibility index (Phi) is 2.10. The van der Waals surface area contributed by atoms with E-state index in [1.807, 2.05) is 26.0 Å². The molecule has 5 nitrogen and oxygen atoms in total. The Morgan fingerprint density at radius 3 is 2.65 bits per heavy atom. The normalized spacial score (nSPS) is 20.4. The Bertz CT molecular complexity index is 871. The lowest BCUT2D eigenvalue weighted by molar-refractivity contribution is 0.177. The lowest BCUT2D eigenvalue weighted by Crippen LogP contribution is -2.10. The largest absolute Gasteiger partial charge is 0.460 e. The Hall–Kier alpha value is -2.27. The second-order valence-corrected chi connectivity index (χ2v) is 5.39. The van der Waals surface area contributed by atoms with Crippen molar-refractivity contribution in [2.75, 3.05) is 0 Å². The fourth-order valence-electron chi connectivity index (χ4n) is 2.23. The van der Waals surface area contributed by atoms with Crippen molar-refractivity contribution >= 4 is 21.9 Å². The fourth-order valence-corrected chi connectivity index (χ4v) is 2.23. The molecule has 2 aromatic heterocycles. The van der Waals surface area contributed by atoms with Crippen molar-refractivity contribution in [3.05, 3.63) is 40.9 Å². The predicted octanol–water partition coefficient (Wildman–Crippen LogP) is 3.05. The van der Waals surface area contributed by atoms with E-state index in [-0.39, 0.29) is 11.9 Å². The number of rotatable bonds is 2. The molecule has 102 valence electrons. The zero-order valence-corrected chi connectivity index (χ0v) is 11.0. The van der Waals surface area contributed by atoms with Crippen LogP contribution >= 0.6 is 0 Å². The number of ether oxygens (including phenoxy) is 2. The summed E-state index contributed by atoms with van der Waals surface area (Å²) in [6.45, 7) is 3.86. The van der Waals surface area contributed by atoms with Crippen LogP contribution in [0.15, 0.2) is 44.2 Å². The molecule has 3 aromatic rings. The van der Waals surface area contributed by atoms with Crippen LogP contribution in [0.4, 0.5) is 0 Å². The molecule has 1 saturated heterocycles. The summed E-state index contributed by atoms with van der Waals surface area (Å²) < 4.78 is 22.0. The van der Waals surface area contributed by atoms with Gasteiger partial charge in [-0.2, -0.15) is 0 Å². The molecule has 1 aliphatic heterocycles. The molecule has 1 atom stereocenters. The predicted molar refractivity (Wildman–Crippen MR) is 71.8 cm³/mol. The second-order valence-electron chi connectivity index (χ2n) is 5.39. The van der Waals surface area contributed by atoms with Gasteiger partial charge in [0.05, 0.1) is 6.26 Å². The van der Waals surface area contributed by atoms with E-state index in [9.17, 15) is 4.79 Å². The minimum absolute atomic E-state index is 0.337. The minimum Gasteiger partial charge on any atom is -0.460 e. The van der Waals surface area contributed by atoms with Gasteiger partial charge in [0.1, 0.15) is 5.60 Å². The topological polar surface area (TPSA) is 65.1 Å². The molecule has 1 aromatic carbocycles. The van der Waals surface area contributed by atoms with Crippen molar-refractivity contribution in [2.45, 2.75) is 25.7 Å². The molecule has 1 aliphatic rings. The molecule has 0 saturated carbocycles. The van der Waals surface area contributed by atoms with Crippen LogP contribution in [0.5, 0.6) is 5.75 Å². The van der Waals surface area contributed by atoms with E-state index < -0.39 is 5.63 Å². The first kappa shape index (κ1) is 11.5. The van der Waals surface area contributed by atoms with Crippen molar-refractivity contribution in [3.8, 4) is 5.75 Å². The third-order valence-electron chi connectivity index (χ3n) is 3.43. The van der Waals surface area contributed by atoms with Crippen LogP contribution in [-0.4, -0.2) is 11.9 Å². The van der Waals surface area contributed by atoms with Gasteiger partial charge in [-0.25, -0.2) is 4.79 Å². The van der Waals surface area contributed by atoms with E-state index in [1.54, 1.807) is 12.3 Å². The van der Waals surface area contributed by atoms with Crippen molar-refractivity contribution in [1.29, 1.82) is 0 Å². The molecule has 1 unspecified atom stereocenters. The van der Waals surface area contributed by atoms with Gasteiger partial charge in [-0.05, 0) is 32.0 Å². The molecule has 0 radical (unpaired) electrons. The van der Waals surface area contributed by atoms with E-state index in [2.05, 4.69) is 0 Å². The second kappa shape index (κ2) is 3.64. The molecule has 0 spiro atoms. The highest BCUT2D eigenvalue weighted by Crippen LogP contribution is 2.42. The Labute approximate surface area is 113 Å². The molecule has 0 aliphatic carbocycles. The SMILES string of the molecule is CC1(C)OC1Oc1c2occc2cc2ccc(=O)oc12. The summed E-state index contributed by atoms with van der Waals surface area (Å²) in [4.78, 5) is 11.5. The molecular formula is C15H12O5. The Morgan fingerprint density at radius 1 is 1.15 bits per heavy atom. The van der Waals surface area contributed by atoms with Crippen LogP contribution in [0.25, 0.3) is 21.9 Å². The highest BCUT2D eigenvalue weighted by Gasteiger charge is 2.51. The van der Waals surface area contributed by atoms with E-state index in [1.165, 1.54) is 6.07 Å². The number of hydrogen-bond acceptors (Lipinski definition) is 5. The van der Waals surface area contributed by atoms with Crippen LogP contribution in [0.3, 0.4) is 0 Å². The standard InChI is InChI=1S/C15H12O5/c1-15(2)14(20-15)19-13-11-9(5-6-17-11)7-8-3-4-10(16)18-12(8)13/h3-7,14H,1-2H3. The summed E-state index contributed by atoms with van der Waals surface area (Å²) in [5, 5.41) is 1.67. The number of fused-ring (bicyclic) bond motifs is 2. The molecule has 4 rings (SSSR count). The summed E-state index contributed by atoms with van der Waals surface area (Å²) in [6, 6.07) is 6.82. The van der Waals surface area contributed by atoms with Gasteiger partial charge in [-0.1, -0.05) is 0 Å². The van der Waals surface area contributed by atoms with Gasteiger partial charge in [-0.15, -0.1) is 0 Å². The molecule has 0 N–H and O–H groups in total. The maximum Gasteiger partial charge on any atom is 0.336 e. The quantitative estimate of drug-likeness (QED) is 0.530. The molecular weight excluding hydrogens is 260 g/mol. The van der Waals surface area contributed by atoms with E-state index in [0.29, 0.717) is 16.9 Å². The van der Waals surface area contributed by atoms with E-state index in [4.69, 9.17) is 18.3 Å². The molecule has 0 bridgehead atoms. The summed E-state index contributed by atoms with van der Waals surface area (Å²) in [5.41, 5.74) is 0.171. The molecule has 3 heterocycles. The van der Waals surface area contributed by atoms with Crippen LogP contribution < -0.4 is 10.4 Å². The molecule has 20 heavy (non-hydrogen) atoms. The summed E-state index contributed by atoms with van der Waals surface area (Å²) in [7, 11) is 0.